The zero-order chi connectivity index (χ0) is 17.3. The number of unbranched alkanes of at least 4 members (excludes halogenated alkanes) is 4. The van der Waals surface area contributed by atoms with Gasteiger partial charge in [0.2, 0.25) is 0 Å². The molecule has 0 bridgehead atoms. The Balaban J connectivity index is 2.27. The number of halogens is 1. The van der Waals surface area contributed by atoms with Gasteiger partial charge in [-0.1, -0.05) is 0 Å². The minimum absolute atomic E-state index is 1.14. The monoisotopic (exact) mass is 466 g/mol. The van der Waals surface area contributed by atoms with E-state index in [1.54, 1.807) is 63.7 Å². The molecular weight excluding hydrogens is 422 g/mol. The van der Waals surface area contributed by atoms with Crippen molar-refractivity contribution in [2.45, 2.75) is 128 Å². The van der Waals surface area contributed by atoms with E-state index in [2.05, 4.69) is 35.9 Å². The molecule has 0 aromatic heterocycles. The molecule has 2 rings (SSSR count). The summed E-state index contributed by atoms with van der Waals surface area (Å²) in [5.74, 6) is 0. The van der Waals surface area contributed by atoms with Crippen molar-refractivity contribution in [1.82, 2.24) is 0 Å². The third kappa shape index (κ3) is 5.11. The zero-order valence-corrected chi connectivity index (χ0v) is 19.8. The summed E-state index contributed by atoms with van der Waals surface area (Å²) in [5, 5.41) is 0. The SMILES string of the molecule is CCCCCP(I)(CCCCC)(C1CCCCC1)C1CCCCC1. The molecule has 2 saturated carbocycles. The third-order valence-corrected chi connectivity index (χ3v) is 22.2. The Morgan fingerprint density at radius 3 is 1.33 bits per heavy atom. The first-order valence-electron chi connectivity index (χ1n) is 11.4. The van der Waals surface area contributed by atoms with Crippen LogP contribution < -0.4 is 0 Å². The van der Waals surface area contributed by atoms with Gasteiger partial charge in [0, 0.05) is 0 Å². The molecule has 0 spiro atoms. The van der Waals surface area contributed by atoms with Crippen LogP contribution in [0, 0.1) is 0 Å². The molecule has 24 heavy (non-hydrogen) atoms. The van der Waals surface area contributed by atoms with Crippen LogP contribution in [0.15, 0.2) is 0 Å². The van der Waals surface area contributed by atoms with Gasteiger partial charge in [0.15, 0.2) is 0 Å². The first-order valence-corrected chi connectivity index (χ1v) is 16.9. The Kier molecular flexibility index (Phi) is 9.37. The molecule has 0 radical (unpaired) electrons. The Morgan fingerprint density at radius 2 is 1.00 bits per heavy atom. The molecule has 0 aromatic rings. The molecule has 2 heteroatoms. The Hall–Kier alpha value is 1.16. The summed E-state index contributed by atoms with van der Waals surface area (Å²) >= 11 is 3.26. The van der Waals surface area contributed by atoms with Crippen LogP contribution in [0.2, 0.25) is 0 Å². The van der Waals surface area contributed by atoms with Crippen molar-refractivity contribution in [3.63, 3.8) is 0 Å². The molecule has 0 aliphatic heterocycles. The second-order valence-corrected chi connectivity index (χ2v) is 21.8. The molecule has 0 unspecified atom stereocenters. The van der Waals surface area contributed by atoms with Gasteiger partial charge in [0.1, 0.15) is 0 Å². The maximum atomic E-state index is 3.26. The van der Waals surface area contributed by atoms with E-state index in [4.69, 9.17) is 0 Å². The van der Waals surface area contributed by atoms with Crippen LogP contribution >= 0.6 is 26.3 Å². The van der Waals surface area contributed by atoms with Crippen molar-refractivity contribution in [1.29, 1.82) is 0 Å². The van der Waals surface area contributed by atoms with Gasteiger partial charge in [-0.15, -0.1) is 0 Å². The van der Waals surface area contributed by atoms with Crippen molar-refractivity contribution in [2.24, 2.45) is 0 Å². The molecule has 2 fully saturated rings. The molecule has 2 aliphatic rings. The van der Waals surface area contributed by atoms with Gasteiger partial charge in [-0.3, -0.25) is 0 Å². The Labute approximate surface area is 166 Å². The van der Waals surface area contributed by atoms with Crippen LogP contribution in [0.1, 0.15) is 117 Å². The van der Waals surface area contributed by atoms with Crippen LogP contribution in [0.5, 0.6) is 0 Å². The van der Waals surface area contributed by atoms with E-state index in [0.29, 0.717) is 0 Å². The van der Waals surface area contributed by atoms with E-state index in [-0.39, 0.29) is 0 Å². The zero-order valence-electron chi connectivity index (χ0n) is 16.7. The predicted octanol–water partition coefficient (Wildman–Crippen LogP) is 8.94. The van der Waals surface area contributed by atoms with Crippen molar-refractivity contribution in [3.05, 3.63) is 0 Å². The molecule has 0 heterocycles. The van der Waals surface area contributed by atoms with E-state index in [0.717, 1.165) is 11.3 Å². The fourth-order valence-electron chi connectivity index (χ4n) is 5.96. The van der Waals surface area contributed by atoms with Crippen LogP contribution in [-0.2, 0) is 0 Å². The summed E-state index contributed by atoms with van der Waals surface area (Å²) in [4.78, 5) is 0. The van der Waals surface area contributed by atoms with Crippen LogP contribution in [0.4, 0.5) is 0 Å². The topological polar surface area (TPSA) is 0 Å². The fraction of sp³-hybridized carbons (Fsp3) is 1.00. The van der Waals surface area contributed by atoms with Crippen LogP contribution in [-0.4, -0.2) is 23.6 Å². The summed E-state index contributed by atoms with van der Waals surface area (Å²) in [6.07, 6.45) is 27.7. The molecule has 0 nitrogen and oxygen atoms in total. The maximum absolute atomic E-state index is 3.26. The Bertz CT molecular complexity index is 310. The molecule has 0 saturated heterocycles. The molecule has 144 valence electrons. The van der Waals surface area contributed by atoms with Crippen molar-refractivity contribution >= 4 is 26.3 Å². The fourth-order valence-corrected chi connectivity index (χ4v) is 18.7. The van der Waals surface area contributed by atoms with Crippen molar-refractivity contribution in [2.75, 3.05) is 12.3 Å². The molecule has 2 aliphatic carbocycles. The summed E-state index contributed by atoms with van der Waals surface area (Å²) in [6.45, 7) is 4.78. The number of hydrogen-bond acceptors (Lipinski definition) is 0. The van der Waals surface area contributed by atoms with E-state index in [1.165, 1.54) is 51.4 Å². The van der Waals surface area contributed by atoms with Gasteiger partial charge < -0.3 is 0 Å². The normalized spacial score (nSPS) is 23.0. The summed E-state index contributed by atoms with van der Waals surface area (Å²) in [5.41, 5.74) is 2.28. The van der Waals surface area contributed by atoms with Crippen molar-refractivity contribution in [3.8, 4) is 0 Å². The average molecular weight is 466 g/mol. The van der Waals surface area contributed by atoms with Gasteiger partial charge in [-0.25, -0.2) is 0 Å². The van der Waals surface area contributed by atoms with E-state index in [1.807, 2.05) is 0 Å². The van der Waals surface area contributed by atoms with Crippen molar-refractivity contribution < 1.29 is 0 Å². The standard InChI is InChI=1S/C22H44IP/c1-3-5-13-19-24(23,20-14-6-4-2,21-15-9-7-10-16-21)22-17-11-8-12-18-22/h21-22H,3-20H2,1-2H3. The molecule has 0 N–H and O–H groups in total. The number of hydrogen-bond donors (Lipinski definition) is 0. The van der Waals surface area contributed by atoms with Gasteiger partial charge in [-0.05, 0) is 0 Å². The molecule has 0 atom stereocenters. The van der Waals surface area contributed by atoms with Crippen LogP contribution in [0.25, 0.3) is 0 Å². The van der Waals surface area contributed by atoms with Gasteiger partial charge in [0.25, 0.3) is 0 Å². The second kappa shape index (κ2) is 10.5. The van der Waals surface area contributed by atoms with Crippen LogP contribution in [0.3, 0.4) is 0 Å². The van der Waals surface area contributed by atoms with E-state index < -0.39 is 4.25 Å². The first-order chi connectivity index (χ1) is 11.6. The summed E-state index contributed by atoms with van der Waals surface area (Å²) in [7, 11) is 0. The van der Waals surface area contributed by atoms with Gasteiger partial charge in [-0.2, -0.15) is 0 Å². The van der Waals surface area contributed by atoms with Gasteiger partial charge in [0.05, 0.1) is 0 Å². The molecule has 0 amide bonds. The van der Waals surface area contributed by atoms with E-state index >= 15 is 0 Å². The third-order valence-electron chi connectivity index (χ3n) is 7.40. The second-order valence-electron chi connectivity index (χ2n) is 8.98. The molecular formula is C22H44IP. The quantitative estimate of drug-likeness (QED) is 0.171. The minimum atomic E-state index is -1.60. The number of rotatable bonds is 10. The molecule has 0 aromatic carbocycles. The van der Waals surface area contributed by atoms with Gasteiger partial charge >= 0.3 is 167 Å². The first kappa shape index (κ1) is 21.5. The Morgan fingerprint density at radius 1 is 0.625 bits per heavy atom. The summed E-state index contributed by atoms with van der Waals surface area (Å²) in [6, 6.07) is 0. The predicted molar refractivity (Wildman–Crippen MR) is 123 cm³/mol. The van der Waals surface area contributed by atoms with E-state index in [9.17, 15) is 0 Å². The average Bonchev–Trinajstić information content (AvgIpc) is 2.64. The summed E-state index contributed by atoms with van der Waals surface area (Å²) < 4.78 is -1.60.